The van der Waals surface area contributed by atoms with E-state index in [4.69, 9.17) is 9.47 Å². The van der Waals surface area contributed by atoms with Crippen molar-refractivity contribution in [2.75, 3.05) is 25.1 Å². The molecule has 116 valence electrons. The first-order valence-corrected chi connectivity index (χ1v) is 7.32. The molecule has 0 N–H and O–H groups in total. The molecule has 1 aliphatic heterocycles. The molecule has 2 aromatic rings. The molecule has 0 aliphatic carbocycles. The first kappa shape index (κ1) is 14.5. The largest absolute Gasteiger partial charge is 0.481 e. The Balaban J connectivity index is 1.56. The van der Waals surface area contributed by atoms with Crippen molar-refractivity contribution in [2.24, 2.45) is 0 Å². The van der Waals surface area contributed by atoms with Gasteiger partial charge < -0.3 is 14.4 Å². The summed E-state index contributed by atoms with van der Waals surface area (Å²) in [4.78, 5) is 19.2. The highest BCUT2D eigenvalue weighted by molar-refractivity contribution is 5.32. The molecule has 0 radical (unpaired) electrons. The predicted molar refractivity (Wildman–Crippen MR) is 81.2 cm³/mol. The van der Waals surface area contributed by atoms with Crippen LogP contribution in [-0.2, 0) is 0 Å². The first-order chi connectivity index (χ1) is 10.7. The molecule has 0 aromatic carbocycles. The van der Waals surface area contributed by atoms with Crippen LogP contribution in [0.5, 0.6) is 11.9 Å². The van der Waals surface area contributed by atoms with E-state index in [9.17, 15) is 0 Å². The van der Waals surface area contributed by atoms with E-state index in [1.807, 2.05) is 6.92 Å². The summed E-state index contributed by atoms with van der Waals surface area (Å²) in [6.07, 6.45) is 7.15. The van der Waals surface area contributed by atoms with Gasteiger partial charge >= 0.3 is 6.01 Å². The Morgan fingerprint density at radius 1 is 1.14 bits per heavy atom. The second-order valence-electron chi connectivity index (χ2n) is 5.25. The summed E-state index contributed by atoms with van der Waals surface area (Å²) in [5, 5.41) is 0. The van der Waals surface area contributed by atoms with Crippen molar-refractivity contribution in [2.45, 2.75) is 25.9 Å². The van der Waals surface area contributed by atoms with Crippen LogP contribution in [0, 0.1) is 6.92 Å². The minimum Gasteiger partial charge on any atom is -0.481 e. The van der Waals surface area contributed by atoms with E-state index in [1.54, 1.807) is 31.8 Å². The highest BCUT2D eigenvalue weighted by atomic mass is 16.5. The molecule has 3 heterocycles. The number of hydrogen-bond acceptors (Lipinski definition) is 7. The van der Waals surface area contributed by atoms with Gasteiger partial charge in [-0.2, -0.15) is 4.98 Å². The Morgan fingerprint density at radius 2 is 1.86 bits per heavy atom. The molecule has 0 saturated carbocycles. The monoisotopic (exact) mass is 301 g/mol. The van der Waals surface area contributed by atoms with Gasteiger partial charge in [-0.3, -0.25) is 0 Å². The van der Waals surface area contributed by atoms with Gasteiger partial charge in [0.25, 0.3) is 0 Å². The predicted octanol–water partition coefficient (Wildman–Crippen LogP) is 1.63. The Hall–Kier alpha value is -2.44. The lowest BCUT2D eigenvalue weighted by atomic mass is 10.1. The average Bonchev–Trinajstić information content (AvgIpc) is 2.58. The molecule has 0 amide bonds. The first-order valence-electron chi connectivity index (χ1n) is 7.32. The van der Waals surface area contributed by atoms with Crippen molar-refractivity contribution < 1.29 is 9.47 Å². The highest BCUT2D eigenvalue weighted by Gasteiger charge is 2.23. The molecule has 0 spiro atoms. The summed E-state index contributed by atoms with van der Waals surface area (Å²) in [6, 6.07) is 2.19. The maximum Gasteiger partial charge on any atom is 0.316 e. The highest BCUT2D eigenvalue weighted by Crippen LogP contribution is 2.20. The van der Waals surface area contributed by atoms with Gasteiger partial charge in [0.05, 0.1) is 7.11 Å². The minimum atomic E-state index is 0.129. The molecule has 7 nitrogen and oxygen atoms in total. The van der Waals surface area contributed by atoms with E-state index in [-0.39, 0.29) is 6.10 Å². The summed E-state index contributed by atoms with van der Waals surface area (Å²) in [7, 11) is 1.60. The third-order valence-corrected chi connectivity index (χ3v) is 3.58. The van der Waals surface area contributed by atoms with Crippen molar-refractivity contribution in [3.05, 3.63) is 30.2 Å². The van der Waals surface area contributed by atoms with Crippen LogP contribution in [0.3, 0.4) is 0 Å². The molecular weight excluding hydrogens is 282 g/mol. The standard InChI is InChI=1S/C15H19N5O2/c1-11-9-17-15(18-10-11)22-12-4-7-20(8-5-12)14-16-6-3-13(19-14)21-2/h3,6,9-10,12H,4-5,7-8H2,1-2H3. The molecule has 7 heteroatoms. The van der Waals surface area contributed by atoms with E-state index in [1.165, 1.54) is 0 Å². The fourth-order valence-electron chi connectivity index (χ4n) is 2.36. The molecular formula is C15H19N5O2. The normalized spacial score (nSPS) is 15.6. The van der Waals surface area contributed by atoms with Crippen LogP contribution >= 0.6 is 0 Å². The molecule has 1 fully saturated rings. The van der Waals surface area contributed by atoms with E-state index >= 15 is 0 Å². The summed E-state index contributed by atoms with van der Waals surface area (Å²) in [6.45, 7) is 3.63. The molecule has 2 aromatic heterocycles. The second kappa shape index (κ2) is 6.55. The molecule has 1 saturated heterocycles. The lowest BCUT2D eigenvalue weighted by Gasteiger charge is -2.31. The molecule has 22 heavy (non-hydrogen) atoms. The zero-order chi connectivity index (χ0) is 15.4. The quantitative estimate of drug-likeness (QED) is 0.849. The van der Waals surface area contributed by atoms with Crippen LogP contribution in [0.25, 0.3) is 0 Å². The van der Waals surface area contributed by atoms with Gasteiger partial charge in [-0.15, -0.1) is 0 Å². The van der Waals surface area contributed by atoms with Crippen molar-refractivity contribution in [1.82, 2.24) is 19.9 Å². The number of aryl methyl sites for hydroxylation is 1. The van der Waals surface area contributed by atoms with Crippen LogP contribution in [0.2, 0.25) is 0 Å². The van der Waals surface area contributed by atoms with Gasteiger partial charge in [-0.05, 0) is 12.5 Å². The van der Waals surface area contributed by atoms with Crippen LogP contribution in [0.1, 0.15) is 18.4 Å². The third-order valence-electron chi connectivity index (χ3n) is 3.58. The number of nitrogens with zero attached hydrogens (tertiary/aromatic N) is 5. The van der Waals surface area contributed by atoms with Crippen LogP contribution in [0.15, 0.2) is 24.7 Å². The summed E-state index contributed by atoms with van der Waals surface area (Å²) >= 11 is 0. The zero-order valence-corrected chi connectivity index (χ0v) is 12.8. The van der Waals surface area contributed by atoms with Crippen molar-refractivity contribution in [3.63, 3.8) is 0 Å². The van der Waals surface area contributed by atoms with Gasteiger partial charge in [0, 0.05) is 50.6 Å². The SMILES string of the molecule is COc1ccnc(N2CCC(Oc3ncc(C)cn3)CC2)n1. The number of aromatic nitrogens is 4. The van der Waals surface area contributed by atoms with E-state index < -0.39 is 0 Å². The third kappa shape index (κ3) is 3.41. The fraction of sp³-hybridized carbons (Fsp3) is 0.467. The number of ether oxygens (including phenoxy) is 2. The maximum absolute atomic E-state index is 5.82. The van der Waals surface area contributed by atoms with E-state index in [0.717, 1.165) is 31.5 Å². The number of hydrogen-bond donors (Lipinski definition) is 0. The number of methoxy groups -OCH3 is 1. The fourth-order valence-corrected chi connectivity index (χ4v) is 2.36. The molecule has 3 rings (SSSR count). The Morgan fingerprint density at radius 3 is 2.55 bits per heavy atom. The second-order valence-corrected chi connectivity index (χ2v) is 5.25. The van der Waals surface area contributed by atoms with Crippen LogP contribution in [0.4, 0.5) is 5.95 Å². The van der Waals surface area contributed by atoms with Crippen molar-refractivity contribution in [1.29, 1.82) is 0 Å². The minimum absolute atomic E-state index is 0.129. The topological polar surface area (TPSA) is 73.3 Å². The molecule has 0 atom stereocenters. The zero-order valence-electron chi connectivity index (χ0n) is 12.8. The Bertz CT molecular complexity index is 612. The Kier molecular flexibility index (Phi) is 4.32. The number of rotatable bonds is 4. The van der Waals surface area contributed by atoms with E-state index in [0.29, 0.717) is 17.8 Å². The Labute approximate surface area is 129 Å². The van der Waals surface area contributed by atoms with Gasteiger partial charge in [-0.25, -0.2) is 15.0 Å². The molecule has 0 unspecified atom stereocenters. The lowest BCUT2D eigenvalue weighted by molar-refractivity contribution is 0.156. The van der Waals surface area contributed by atoms with Gasteiger partial charge in [-0.1, -0.05) is 0 Å². The van der Waals surface area contributed by atoms with Crippen LogP contribution in [-0.4, -0.2) is 46.2 Å². The van der Waals surface area contributed by atoms with Gasteiger partial charge in [0.1, 0.15) is 6.10 Å². The summed E-state index contributed by atoms with van der Waals surface area (Å²) in [5.41, 5.74) is 1.03. The number of piperidine rings is 1. The maximum atomic E-state index is 5.82. The smallest absolute Gasteiger partial charge is 0.316 e. The van der Waals surface area contributed by atoms with Gasteiger partial charge in [0.2, 0.25) is 11.8 Å². The molecule has 1 aliphatic rings. The van der Waals surface area contributed by atoms with Crippen LogP contribution < -0.4 is 14.4 Å². The number of anilines is 1. The van der Waals surface area contributed by atoms with Crippen molar-refractivity contribution in [3.8, 4) is 11.9 Å². The average molecular weight is 301 g/mol. The summed E-state index contributed by atoms with van der Waals surface area (Å²) < 4.78 is 11.0. The lowest BCUT2D eigenvalue weighted by Crippen LogP contribution is -2.39. The summed E-state index contributed by atoms with van der Waals surface area (Å²) in [5.74, 6) is 1.28. The van der Waals surface area contributed by atoms with Gasteiger partial charge in [0.15, 0.2) is 0 Å². The van der Waals surface area contributed by atoms with Crippen molar-refractivity contribution >= 4 is 5.95 Å². The van der Waals surface area contributed by atoms with E-state index in [2.05, 4.69) is 24.8 Å². The molecule has 0 bridgehead atoms.